The van der Waals surface area contributed by atoms with Gasteiger partial charge in [-0.1, -0.05) is 50.6 Å². The molecule has 6 unspecified atom stereocenters. The number of esters is 1. The van der Waals surface area contributed by atoms with Crippen molar-refractivity contribution in [3.05, 3.63) is 35.9 Å². The Morgan fingerprint density at radius 2 is 1.80 bits per heavy atom. The largest absolute Gasteiger partial charge is 0.468 e. The zero-order valence-corrected chi connectivity index (χ0v) is 27.0. The van der Waals surface area contributed by atoms with E-state index in [0.29, 0.717) is 32.3 Å². The van der Waals surface area contributed by atoms with Gasteiger partial charge in [0.25, 0.3) is 0 Å². The fourth-order valence-electron chi connectivity index (χ4n) is 6.02. The molecule has 1 aliphatic rings. The van der Waals surface area contributed by atoms with Gasteiger partial charge in [0, 0.05) is 34.4 Å². The monoisotopic (exact) mass is 618 g/mol. The first-order chi connectivity index (χ1) is 21.1. The first-order valence-electron chi connectivity index (χ1n) is 15.3. The molecule has 1 aromatic rings. The van der Waals surface area contributed by atoms with Gasteiger partial charge in [0.1, 0.15) is 0 Å². The molecule has 44 heavy (non-hydrogen) atoms. The summed E-state index contributed by atoms with van der Waals surface area (Å²) in [4.78, 5) is 67.1. The molecule has 2 rings (SSSR count). The Balaban J connectivity index is 2.27. The molecule has 12 heteroatoms. The van der Waals surface area contributed by atoms with Gasteiger partial charge in [-0.05, 0) is 37.2 Å². The second-order valence-corrected chi connectivity index (χ2v) is 11.2. The Kier molecular flexibility index (Phi) is 15.8. The summed E-state index contributed by atoms with van der Waals surface area (Å²) in [6.45, 7) is 4.57. The predicted molar refractivity (Wildman–Crippen MR) is 164 cm³/mol. The molecular formula is C32H50N4O8. The molecular weight excluding hydrogens is 568 g/mol. The summed E-state index contributed by atoms with van der Waals surface area (Å²) in [6.07, 6.45) is 2.28. The van der Waals surface area contributed by atoms with Gasteiger partial charge in [0.15, 0.2) is 5.92 Å². The topological polar surface area (TPSA) is 144 Å². The van der Waals surface area contributed by atoms with Crippen molar-refractivity contribution in [1.82, 2.24) is 20.4 Å². The molecule has 0 radical (unpaired) electrons. The molecule has 2 N–H and O–H groups in total. The third-order valence-corrected chi connectivity index (χ3v) is 8.61. The van der Waals surface area contributed by atoms with E-state index in [1.807, 2.05) is 44.2 Å². The highest BCUT2D eigenvalue weighted by Crippen LogP contribution is 2.29. The van der Waals surface area contributed by atoms with Crippen molar-refractivity contribution in [1.29, 1.82) is 0 Å². The van der Waals surface area contributed by atoms with E-state index in [9.17, 15) is 24.0 Å². The first-order valence-corrected chi connectivity index (χ1v) is 15.3. The van der Waals surface area contributed by atoms with Crippen LogP contribution >= 0.6 is 0 Å². The lowest BCUT2D eigenvalue weighted by atomic mass is 9.87. The SMILES string of the molecule is CCC(C)C(C(CC(=O)N1CCCCC1C(OC)C(C(=O)NCCc1ccccc1)C(=O)OC)OC)N(C)C(=O)CNC=O. The standard InChI is InChI=1S/C32H50N4O8/c1-7-22(2)29(35(3)27(39)20-33-21-37)25(42-4)19-26(38)36-18-12-11-15-24(36)30(43-5)28(32(41)44-6)31(40)34-17-16-23-13-9-8-10-14-23/h8-10,13-14,21-22,24-25,28-30H,7,11-12,15-20H2,1-6H3,(H,33,37)(H,34,40). The summed E-state index contributed by atoms with van der Waals surface area (Å²) in [7, 11) is 5.81. The number of rotatable bonds is 18. The summed E-state index contributed by atoms with van der Waals surface area (Å²) < 4.78 is 16.7. The van der Waals surface area contributed by atoms with Gasteiger partial charge in [0.2, 0.25) is 24.1 Å². The summed E-state index contributed by atoms with van der Waals surface area (Å²) in [5.74, 6) is -3.07. The van der Waals surface area contributed by atoms with Crippen LogP contribution in [-0.2, 0) is 44.6 Å². The van der Waals surface area contributed by atoms with Crippen molar-refractivity contribution in [2.75, 3.05) is 48.0 Å². The van der Waals surface area contributed by atoms with E-state index in [0.717, 1.165) is 24.8 Å². The quantitative estimate of drug-likeness (QED) is 0.143. The number of benzene rings is 1. The number of hydrogen-bond donors (Lipinski definition) is 2. The number of carbonyl (C=O) groups excluding carboxylic acids is 5. The maximum atomic E-state index is 14.0. The number of methoxy groups -OCH3 is 3. The Morgan fingerprint density at radius 3 is 2.39 bits per heavy atom. The predicted octanol–water partition coefficient (Wildman–Crippen LogP) is 1.55. The number of likely N-dealkylation sites (tertiary alicyclic amines) is 1. The number of nitrogens with one attached hydrogen (secondary N) is 2. The Morgan fingerprint density at radius 1 is 1.09 bits per heavy atom. The molecule has 1 fully saturated rings. The molecule has 4 amide bonds. The minimum absolute atomic E-state index is 0.00917. The number of piperidine rings is 1. The number of amides is 4. The normalized spacial score (nSPS) is 18.2. The third kappa shape index (κ3) is 10.0. The number of nitrogens with zero attached hydrogens (tertiary/aromatic N) is 2. The van der Waals surface area contributed by atoms with Crippen molar-refractivity contribution in [2.24, 2.45) is 11.8 Å². The summed E-state index contributed by atoms with van der Waals surface area (Å²) in [6, 6.07) is 8.69. The van der Waals surface area contributed by atoms with Crippen LogP contribution in [0.15, 0.2) is 30.3 Å². The van der Waals surface area contributed by atoms with Gasteiger partial charge in [-0.2, -0.15) is 0 Å². The summed E-state index contributed by atoms with van der Waals surface area (Å²) >= 11 is 0. The summed E-state index contributed by atoms with van der Waals surface area (Å²) in [5, 5.41) is 5.25. The van der Waals surface area contributed by atoms with Crippen LogP contribution in [0.25, 0.3) is 0 Å². The Hall–Kier alpha value is -3.51. The second kappa shape index (κ2) is 19.0. The molecule has 1 heterocycles. The van der Waals surface area contributed by atoms with Crippen LogP contribution in [0.4, 0.5) is 0 Å². The molecule has 0 aromatic heterocycles. The number of hydrogen-bond acceptors (Lipinski definition) is 8. The number of carbonyl (C=O) groups is 5. The van der Waals surface area contributed by atoms with E-state index in [4.69, 9.17) is 14.2 Å². The molecule has 0 spiro atoms. The van der Waals surface area contributed by atoms with E-state index in [1.165, 1.54) is 26.2 Å². The van der Waals surface area contributed by atoms with E-state index in [-0.39, 0.29) is 30.7 Å². The first kappa shape index (κ1) is 36.7. The van der Waals surface area contributed by atoms with Gasteiger partial charge in [0.05, 0.1) is 44.4 Å². The van der Waals surface area contributed by atoms with Crippen molar-refractivity contribution in [3.8, 4) is 0 Å². The van der Waals surface area contributed by atoms with Crippen LogP contribution in [-0.4, -0.2) is 112 Å². The minimum Gasteiger partial charge on any atom is -0.468 e. The van der Waals surface area contributed by atoms with Gasteiger partial charge in [-0.3, -0.25) is 24.0 Å². The van der Waals surface area contributed by atoms with Crippen LogP contribution in [0.5, 0.6) is 0 Å². The fourth-order valence-corrected chi connectivity index (χ4v) is 6.02. The minimum atomic E-state index is -1.28. The highest BCUT2D eigenvalue weighted by Gasteiger charge is 2.45. The molecule has 246 valence electrons. The van der Waals surface area contributed by atoms with Crippen LogP contribution < -0.4 is 10.6 Å². The summed E-state index contributed by atoms with van der Waals surface area (Å²) in [5.41, 5.74) is 1.05. The molecule has 0 saturated carbocycles. The Bertz CT molecular complexity index is 1070. The smallest absolute Gasteiger partial charge is 0.321 e. The Labute approximate surface area is 261 Å². The van der Waals surface area contributed by atoms with Crippen molar-refractivity contribution < 1.29 is 38.2 Å². The highest BCUT2D eigenvalue weighted by atomic mass is 16.5. The van der Waals surface area contributed by atoms with E-state index >= 15 is 0 Å². The maximum Gasteiger partial charge on any atom is 0.321 e. The molecule has 0 bridgehead atoms. The van der Waals surface area contributed by atoms with Crippen molar-refractivity contribution >= 4 is 30.1 Å². The number of likely N-dealkylation sites (N-methyl/N-ethyl adjacent to an activating group) is 1. The van der Waals surface area contributed by atoms with Crippen molar-refractivity contribution in [3.63, 3.8) is 0 Å². The third-order valence-electron chi connectivity index (χ3n) is 8.61. The van der Waals surface area contributed by atoms with E-state index < -0.39 is 42.1 Å². The van der Waals surface area contributed by atoms with E-state index in [2.05, 4.69) is 10.6 Å². The van der Waals surface area contributed by atoms with Gasteiger partial charge in [-0.15, -0.1) is 0 Å². The highest BCUT2D eigenvalue weighted by molar-refractivity contribution is 5.98. The lowest BCUT2D eigenvalue weighted by Crippen LogP contribution is -2.58. The molecule has 1 aromatic carbocycles. The van der Waals surface area contributed by atoms with Crippen LogP contribution in [0.3, 0.4) is 0 Å². The van der Waals surface area contributed by atoms with Crippen LogP contribution in [0.1, 0.15) is 51.5 Å². The number of ether oxygens (including phenoxy) is 3. The molecule has 12 nitrogen and oxygen atoms in total. The molecule has 0 aliphatic carbocycles. The van der Waals surface area contributed by atoms with Crippen LogP contribution in [0.2, 0.25) is 0 Å². The lowest BCUT2D eigenvalue weighted by molar-refractivity contribution is -0.163. The lowest BCUT2D eigenvalue weighted by Gasteiger charge is -2.43. The zero-order valence-electron chi connectivity index (χ0n) is 27.0. The van der Waals surface area contributed by atoms with Gasteiger partial charge < -0.3 is 34.6 Å². The van der Waals surface area contributed by atoms with E-state index in [1.54, 1.807) is 11.9 Å². The van der Waals surface area contributed by atoms with Gasteiger partial charge >= 0.3 is 5.97 Å². The average Bonchev–Trinajstić information content (AvgIpc) is 3.05. The average molecular weight is 619 g/mol. The van der Waals surface area contributed by atoms with Crippen LogP contribution in [0, 0.1) is 11.8 Å². The van der Waals surface area contributed by atoms with Crippen molar-refractivity contribution in [2.45, 2.75) is 76.7 Å². The maximum absolute atomic E-state index is 14.0. The second-order valence-electron chi connectivity index (χ2n) is 11.2. The zero-order chi connectivity index (χ0) is 32.6. The van der Waals surface area contributed by atoms with Gasteiger partial charge in [-0.25, -0.2) is 0 Å². The molecule has 1 aliphatic heterocycles. The molecule has 6 atom stereocenters. The molecule has 1 saturated heterocycles. The fraction of sp³-hybridized carbons (Fsp3) is 0.656.